The third-order valence-corrected chi connectivity index (χ3v) is 11.0. The molecule has 12 heteroatoms. The second-order valence-electron chi connectivity index (χ2n) is 7.05. The zero-order valence-corrected chi connectivity index (χ0v) is 17.9. The molecular formula is C16H23NO8S3. The van der Waals surface area contributed by atoms with Gasteiger partial charge in [0.15, 0.2) is 41.0 Å². The van der Waals surface area contributed by atoms with Gasteiger partial charge in [0.05, 0.1) is 47.4 Å². The molecule has 2 aliphatic rings. The van der Waals surface area contributed by atoms with Crippen LogP contribution in [0.2, 0.25) is 0 Å². The van der Waals surface area contributed by atoms with Gasteiger partial charge in [0, 0.05) is 18.2 Å². The Bertz CT molecular complexity index is 1060. The van der Waals surface area contributed by atoms with E-state index in [1.54, 1.807) is 0 Å². The molecule has 3 rings (SSSR count). The zero-order chi connectivity index (χ0) is 20.7. The van der Waals surface area contributed by atoms with Gasteiger partial charge in [-0.1, -0.05) is 0 Å². The topological polar surface area (TPSA) is 133 Å². The number of hydrogen-bond acceptors (Lipinski definition) is 9. The molecule has 1 aromatic carbocycles. The predicted molar refractivity (Wildman–Crippen MR) is 103 cm³/mol. The second kappa shape index (κ2) is 7.47. The molecule has 28 heavy (non-hydrogen) atoms. The summed E-state index contributed by atoms with van der Waals surface area (Å²) in [6.07, 6.45) is 0.335. The van der Waals surface area contributed by atoms with Crippen LogP contribution in [0.15, 0.2) is 23.1 Å². The van der Waals surface area contributed by atoms with Crippen molar-refractivity contribution in [3.63, 3.8) is 0 Å². The first-order valence-corrected chi connectivity index (χ1v) is 13.8. The van der Waals surface area contributed by atoms with E-state index in [2.05, 4.69) is 5.32 Å². The summed E-state index contributed by atoms with van der Waals surface area (Å²) in [4.78, 5) is -0.0712. The van der Waals surface area contributed by atoms with Crippen molar-refractivity contribution in [3.8, 4) is 11.5 Å². The molecule has 2 fully saturated rings. The van der Waals surface area contributed by atoms with Crippen molar-refractivity contribution in [2.75, 3.05) is 37.2 Å². The molecule has 0 amide bonds. The molecule has 1 unspecified atom stereocenters. The Morgan fingerprint density at radius 1 is 0.964 bits per heavy atom. The summed E-state index contributed by atoms with van der Waals surface area (Å²) in [5, 5.41) is 1.76. The minimum atomic E-state index is -4.01. The highest BCUT2D eigenvalue weighted by atomic mass is 32.2. The van der Waals surface area contributed by atoms with Crippen LogP contribution in [-0.4, -0.2) is 79.8 Å². The van der Waals surface area contributed by atoms with E-state index in [-0.39, 0.29) is 27.9 Å². The van der Waals surface area contributed by atoms with Crippen LogP contribution in [0.1, 0.15) is 6.42 Å². The van der Waals surface area contributed by atoms with E-state index >= 15 is 0 Å². The van der Waals surface area contributed by atoms with E-state index < -0.39 is 52.6 Å². The quantitative estimate of drug-likeness (QED) is 0.600. The Kier molecular flexibility index (Phi) is 5.69. The summed E-state index contributed by atoms with van der Waals surface area (Å²) in [6.45, 7) is 0. The van der Waals surface area contributed by atoms with E-state index in [4.69, 9.17) is 9.47 Å². The molecule has 0 radical (unpaired) electrons. The van der Waals surface area contributed by atoms with Crippen LogP contribution >= 0.6 is 0 Å². The molecule has 158 valence electrons. The Labute approximate surface area is 165 Å². The Hall–Kier alpha value is -1.37. The molecule has 0 aromatic heterocycles. The number of nitrogens with one attached hydrogen (secondary N) is 1. The van der Waals surface area contributed by atoms with Gasteiger partial charge >= 0.3 is 0 Å². The van der Waals surface area contributed by atoms with Crippen LogP contribution in [-0.2, 0) is 29.5 Å². The molecule has 0 spiro atoms. The van der Waals surface area contributed by atoms with Crippen LogP contribution in [0, 0.1) is 0 Å². The van der Waals surface area contributed by atoms with Crippen molar-refractivity contribution >= 4 is 29.5 Å². The first-order chi connectivity index (χ1) is 13.0. The fraction of sp³-hybridized carbons (Fsp3) is 0.625. The van der Waals surface area contributed by atoms with Crippen LogP contribution in [0.3, 0.4) is 0 Å². The van der Waals surface area contributed by atoms with Gasteiger partial charge in [-0.25, -0.2) is 25.3 Å². The van der Waals surface area contributed by atoms with Crippen molar-refractivity contribution in [2.24, 2.45) is 0 Å². The molecule has 0 saturated carbocycles. The highest BCUT2D eigenvalue weighted by Gasteiger charge is 2.47. The molecule has 9 nitrogen and oxygen atoms in total. The Morgan fingerprint density at radius 3 is 2.21 bits per heavy atom. The fourth-order valence-corrected chi connectivity index (χ4v) is 10.1. The van der Waals surface area contributed by atoms with E-state index in [9.17, 15) is 25.3 Å². The van der Waals surface area contributed by atoms with Crippen LogP contribution in [0.5, 0.6) is 11.5 Å². The maximum absolute atomic E-state index is 13.2. The van der Waals surface area contributed by atoms with Gasteiger partial charge in [0.2, 0.25) is 0 Å². The van der Waals surface area contributed by atoms with E-state index in [1.165, 1.54) is 32.4 Å². The molecule has 2 heterocycles. The largest absolute Gasteiger partial charge is 0.493 e. The molecule has 3 atom stereocenters. The lowest BCUT2D eigenvalue weighted by Crippen LogP contribution is -2.48. The highest BCUT2D eigenvalue weighted by Crippen LogP contribution is 2.33. The second-order valence-corrected chi connectivity index (χ2v) is 13.6. The number of methoxy groups -OCH3 is 2. The third kappa shape index (κ3) is 4.29. The van der Waals surface area contributed by atoms with Gasteiger partial charge in [-0.05, 0) is 18.6 Å². The number of ether oxygens (including phenoxy) is 2. The van der Waals surface area contributed by atoms with Crippen molar-refractivity contribution < 1.29 is 34.7 Å². The highest BCUT2D eigenvalue weighted by molar-refractivity contribution is 7.96. The van der Waals surface area contributed by atoms with Crippen LogP contribution < -0.4 is 14.8 Å². The minimum absolute atomic E-state index is 0.0111. The third-order valence-electron chi connectivity index (χ3n) is 5.06. The first kappa shape index (κ1) is 21.3. The van der Waals surface area contributed by atoms with Crippen molar-refractivity contribution in [1.82, 2.24) is 5.32 Å². The van der Waals surface area contributed by atoms with Gasteiger partial charge in [-0.3, -0.25) is 0 Å². The standard InChI is InChI=1S/C16H23NO8S3/c1-24-14-4-3-12(7-15(14)25-2)28(22,23)16-10-27(20,21)9-13(16)17-11-5-6-26(18,19)8-11/h3-4,7,11,13,16-17H,5-6,8-10H2,1-2H3/t11?,13-,16-/m0/s1. The Morgan fingerprint density at radius 2 is 1.64 bits per heavy atom. The van der Waals surface area contributed by atoms with Crippen molar-refractivity contribution in [2.45, 2.75) is 28.6 Å². The Balaban J connectivity index is 1.92. The molecule has 2 saturated heterocycles. The molecule has 0 bridgehead atoms. The molecule has 0 aliphatic carbocycles. The summed E-state index contributed by atoms with van der Waals surface area (Å²) < 4.78 is 84.3. The van der Waals surface area contributed by atoms with Gasteiger partial charge in [-0.15, -0.1) is 0 Å². The minimum Gasteiger partial charge on any atom is -0.493 e. The smallest absolute Gasteiger partial charge is 0.183 e. The molecular weight excluding hydrogens is 430 g/mol. The normalized spacial score (nSPS) is 28.9. The summed E-state index contributed by atoms with van der Waals surface area (Å²) >= 11 is 0. The van der Waals surface area contributed by atoms with Crippen LogP contribution in [0.4, 0.5) is 0 Å². The lowest BCUT2D eigenvalue weighted by atomic mass is 10.2. The van der Waals surface area contributed by atoms with E-state index in [0.717, 1.165) is 0 Å². The van der Waals surface area contributed by atoms with Gasteiger partial charge in [-0.2, -0.15) is 0 Å². The lowest BCUT2D eigenvalue weighted by Gasteiger charge is -2.23. The molecule has 2 aliphatic heterocycles. The SMILES string of the molecule is COc1ccc(S(=O)(=O)[C@H]2CS(=O)(=O)C[C@@H]2NC2CCS(=O)(=O)C2)cc1OC. The first-order valence-electron chi connectivity index (χ1n) is 8.60. The van der Waals surface area contributed by atoms with Crippen LogP contribution in [0.25, 0.3) is 0 Å². The van der Waals surface area contributed by atoms with Gasteiger partial charge < -0.3 is 14.8 Å². The summed E-state index contributed by atoms with van der Waals surface area (Å²) in [7, 11) is -7.98. The number of rotatable bonds is 6. The predicted octanol–water partition coefficient (Wildman–Crippen LogP) is -0.580. The van der Waals surface area contributed by atoms with E-state index in [1.807, 2.05) is 0 Å². The van der Waals surface area contributed by atoms with E-state index in [0.29, 0.717) is 12.2 Å². The fourth-order valence-electron chi connectivity index (χ4n) is 3.67. The average molecular weight is 454 g/mol. The van der Waals surface area contributed by atoms with Gasteiger partial charge in [0.1, 0.15) is 0 Å². The maximum atomic E-state index is 13.2. The molecule has 1 N–H and O–H groups in total. The number of sulfone groups is 3. The van der Waals surface area contributed by atoms with Crippen molar-refractivity contribution in [1.29, 1.82) is 0 Å². The summed E-state index contributed by atoms with van der Waals surface area (Å²) in [5.41, 5.74) is 0. The zero-order valence-electron chi connectivity index (χ0n) is 15.5. The monoisotopic (exact) mass is 453 g/mol. The number of hydrogen-bond donors (Lipinski definition) is 1. The lowest BCUT2D eigenvalue weighted by molar-refractivity contribution is 0.354. The van der Waals surface area contributed by atoms with Gasteiger partial charge in [0.25, 0.3) is 0 Å². The average Bonchev–Trinajstić information content (AvgIpc) is 3.12. The number of benzene rings is 1. The maximum Gasteiger partial charge on any atom is 0.183 e. The van der Waals surface area contributed by atoms with Crippen molar-refractivity contribution in [3.05, 3.63) is 18.2 Å². The summed E-state index contributed by atoms with van der Waals surface area (Å²) in [6, 6.07) is 2.77. The molecule has 1 aromatic rings. The summed E-state index contributed by atoms with van der Waals surface area (Å²) in [5.74, 6) is -0.395.